The highest BCUT2D eigenvalue weighted by Gasteiger charge is 2.58. The number of allylic oxidation sites excluding steroid dienone is 2. The number of nitrogens with zero attached hydrogens (tertiary/aromatic N) is 2. The van der Waals surface area contributed by atoms with E-state index in [-0.39, 0.29) is 7.46 Å². The molecular weight excluding hydrogens is 380 g/mol. The molecule has 2 N–H and O–H groups in total. The fraction of sp³-hybridized carbons (Fsp3) is 0.391. The Labute approximate surface area is 177 Å². The van der Waals surface area contributed by atoms with Gasteiger partial charge in [0.2, 0.25) is 0 Å². The molecule has 0 bridgehead atoms. The smallest absolute Gasteiger partial charge is 0.325 e. The van der Waals surface area contributed by atoms with E-state index in [0.717, 1.165) is 39.8 Å². The summed E-state index contributed by atoms with van der Waals surface area (Å²) < 4.78 is 0. The quantitative estimate of drug-likeness (QED) is 0.637. The molecule has 5 rings (SSSR count). The van der Waals surface area contributed by atoms with Crippen molar-refractivity contribution in [3.63, 3.8) is 0 Å². The summed E-state index contributed by atoms with van der Waals surface area (Å²) in [6, 6.07) is 10.0. The predicted octanol–water partition coefficient (Wildman–Crippen LogP) is 5.30. The number of amides is 2. The van der Waals surface area contributed by atoms with Gasteiger partial charge in [-0.2, -0.15) is 0 Å². The number of hydrogen-bond acceptors (Lipinski definition) is 4. The highest BCUT2D eigenvalue weighted by atomic mass is 32.2. The molecule has 2 fully saturated rings. The molecule has 0 saturated heterocycles. The average molecular weight is 409 g/mol. The van der Waals surface area contributed by atoms with Crippen molar-refractivity contribution in [3.8, 4) is 0 Å². The van der Waals surface area contributed by atoms with Gasteiger partial charge in [0.1, 0.15) is 0 Å². The van der Waals surface area contributed by atoms with Crippen LogP contribution in [0.3, 0.4) is 0 Å². The number of aromatic nitrogens is 1. The van der Waals surface area contributed by atoms with Crippen molar-refractivity contribution in [2.75, 3.05) is 24.7 Å². The molecule has 0 aliphatic heterocycles. The Morgan fingerprint density at radius 3 is 3.07 bits per heavy atom. The van der Waals surface area contributed by atoms with Crippen LogP contribution in [0.5, 0.6) is 0 Å². The van der Waals surface area contributed by atoms with Crippen molar-refractivity contribution in [2.45, 2.75) is 23.5 Å². The Kier molecular flexibility index (Phi) is 4.74. The van der Waals surface area contributed by atoms with Crippen LogP contribution in [0.15, 0.2) is 59.4 Å². The number of hydrogen-bond donors (Lipinski definition) is 2. The first kappa shape index (κ1) is 18.6. The monoisotopic (exact) mass is 408 g/mol. The Bertz CT molecular complexity index is 981. The lowest BCUT2D eigenvalue weighted by atomic mass is 10.0. The minimum Gasteiger partial charge on any atom is -0.387 e. The van der Waals surface area contributed by atoms with Gasteiger partial charge in [0.15, 0.2) is 0 Å². The Balaban J connectivity index is 0.00000218. The number of nitrogens with one attached hydrogen (secondary N) is 2. The van der Waals surface area contributed by atoms with Crippen molar-refractivity contribution in [1.82, 2.24) is 9.88 Å². The Hall–Kier alpha value is -2.47. The summed E-state index contributed by atoms with van der Waals surface area (Å²) in [7, 11) is 3.82. The minimum atomic E-state index is -0.0458. The van der Waals surface area contributed by atoms with E-state index in [9.17, 15) is 4.79 Å². The van der Waals surface area contributed by atoms with Gasteiger partial charge in [-0.3, -0.25) is 4.98 Å². The highest BCUT2D eigenvalue weighted by molar-refractivity contribution is 7.98. The normalized spacial score (nSPS) is 25.9. The molecule has 2 amide bonds. The maximum Gasteiger partial charge on any atom is 0.325 e. The van der Waals surface area contributed by atoms with Gasteiger partial charge in [0.25, 0.3) is 0 Å². The number of rotatable bonds is 6. The molecule has 1 aromatic carbocycles. The Morgan fingerprint density at radius 2 is 2.21 bits per heavy atom. The standard InChI is InChI=1S/C23H26N4OS.H2/c1-24-20-6-7-25-12-22(20)29-13-14-4-3-5-16(8-14)26-23(28)27(2)21-10-15-9-17(15)18-11-19(18)21;/h3-8,10,12,15,17-19H,9,11,13H2,1-2H3,(H,24,25)(H,26,28);1H. The van der Waals surface area contributed by atoms with E-state index in [1.807, 2.05) is 43.4 Å². The zero-order chi connectivity index (χ0) is 20.0. The van der Waals surface area contributed by atoms with Crippen LogP contribution in [0.25, 0.3) is 0 Å². The zero-order valence-electron chi connectivity index (χ0n) is 16.8. The lowest BCUT2D eigenvalue weighted by Crippen LogP contribution is -2.32. The first-order valence-corrected chi connectivity index (χ1v) is 11.2. The number of pyridine rings is 1. The molecular formula is C23H28N4OS. The van der Waals surface area contributed by atoms with Crippen molar-refractivity contribution >= 4 is 29.2 Å². The topological polar surface area (TPSA) is 57.3 Å². The second kappa shape index (κ2) is 7.41. The van der Waals surface area contributed by atoms with Crippen LogP contribution in [0.2, 0.25) is 0 Å². The van der Waals surface area contributed by atoms with Gasteiger partial charge in [-0.05, 0) is 54.4 Å². The van der Waals surface area contributed by atoms with E-state index in [0.29, 0.717) is 5.92 Å². The summed E-state index contributed by atoms with van der Waals surface area (Å²) in [6.07, 6.45) is 8.60. The molecule has 0 radical (unpaired) electrons. The zero-order valence-corrected chi connectivity index (χ0v) is 17.6. The van der Waals surface area contributed by atoms with E-state index in [4.69, 9.17) is 0 Å². The van der Waals surface area contributed by atoms with Crippen molar-refractivity contribution in [2.24, 2.45) is 23.7 Å². The third kappa shape index (κ3) is 3.73. The van der Waals surface area contributed by atoms with Gasteiger partial charge >= 0.3 is 6.03 Å². The predicted molar refractivity (Wildman–Crippen MR) is 120 cm³/mol. The van der Waals surface area contributed by atoms with Crippen molar-refractivity contribution in [3.05, 3.63) is 60.1 Å². The van der Waals surface area contributed by atoms with E-state index in [2.05, 4.69) is 33.8 Å². The van der Waals surface area contributed by atoms with Gasteiger partial charge in [-0.15, -0.1) is 11.8 Å². The third-order valence-electron chi connectivity index (χ3n) is 6.36. The van der Waals surface area contributed by atoms with Gasteiger partial charge in [-0.25, -0.2) is 4.79 Å². The number of urea groups is 1. The maximum absolute atomic E-state index is 12.8. The number of thioether (sulfide) groups is 1. The molecule has 4 atom stereocenters. The lowest BCUT2D eigenvalue weighted by Gasteiger charge is -2.24. The molecule has 3 aliphatic carbocycles. The molecule has 3 aliphatic rings. The van der Waals surface area contributed by atoms with Crippen LogP contribution >= 0.6 is 11.8 Å². The van der Waals surface area contributed by atoms with Crippen molar-refractivity contribution in [1.29, 1.82) is 0 Å². The van der Waals surface area contributed by atoms with Gasteiger partial charge < -0.3 is 15.5 Å². The lowest BCUT2D eigenvalue weighted by molar-refractivity contribution is 0.229. The second-order valence-corrected chi connectivity index (χ2v) is 9.28. The molecule has 1 aromatic heterocycles. The van der Waals surface area contributed by atoms with E-state index < -0.39 is 0 Å². The summed E-state index contributed by atoms with van der Waals surface area (Å²) >= 11 is 1.73. The van der Waals surface area contributed by atoms with E-state index >= 15 is 0 Å². The van der Waals surface area contributed by atoms with E-state index in [1.165, 1.54) is 24.1 Å². The second-order valence-electron chi connectivity index (χ2n) is 8.26. The fourth-order valence-electron chi connectivity index (χ4n) is 4.58. The third-order valence-corrected chi connectivity index (χ3v) is 7.48. The largest absolute Gasteiger partial charge is 0.387 e. The Morgan fingerprint density at radius 1 is 1.31 bits per heavy atom. The minimum absolute atomic E-state index is 0. The van der Waals surface area contributed by atoms with Crippen LogP contribution < -0.4 is 10.6 Å². The van der Waals surface area contributed by atoms with Crippen LogP contribution in [-0.2, 0) is 5.75 Å². The molecule has 6 heteroatoms. The summed E-state index contributed by atoms with van der Waals surface area (Å²) in [5.74, 6) is 3.90. The van der Waals surface area contributed by atoms with Crippen molar-refractivity contribution < 1.29 is 6.22 Å². The first-order valence-electron chi connectivity index (χ1n) is 10.2. The van der Waals surface area contributed by atoms with Crippen LogP contribution in [0.4, 0.5) is 16.2 Å². The fourth-order valence-corrected chi connectivity index (χ4v) is 5.54. The van der Waals surface area contributed by atoms with Gasteiger partial charge in [0, 0.05) is 55.9 Å². The average Bonchev–Trinajstić information content (AvgIpc) is 3.64. The molecule has 2 aromatic rings. The summed E-state index contributed by atoms with van der Waals surface area (Å²) in [6.45, 7) is 0. The molecule has 1 heterocycles. The SMILES string of the molecule is CNc1ccncc1SCc1cccc(NC(=O)N(C)C2=CC3CC3C3CC23)c1.[HH]. The molecule has 5 nitrogen and oxygen atoms in total. The summed E-state index contributed by atoms with van der Waals surface area (Å²) in [5.41, 5.74) is 4.32. The van der Waals surface area contributed by atoms with Gasteiger partial charge in [0.05, 0.1) is 5.69 Å². The molecule has 4 unspecified atom stereocenters. The number of carbonyl (C=O) groups is 1. The number of anilines is 2. The summed E-state index contributed by atoms with van der Waals surface area (Å²) in [4.78, 5) is 20.0. The number of benzene rings is 1. The van der Waals surface area contributed by atoms with E-state index in [1.54, 1.807) is 18.0 Å². The molecule has 152 valence electrons. The van der Waals surface area contributed by atoms with Gasteiger partial charge in [-0.1, -0.05) is 18.2 Å². The summed E-state index contributed by atoms with van der Waals surface area (Å²) in [5, 5.41) is 6.28. The van der Waals surface area contributed by atoms with Crippen LogP contribution in [0, 0.1) is 23.7 Å². The number of fused-ring (bicyclic) bond motifs is 3. The highest BCUT2D eigenvalue weighted by Crippen LogP contribution is 2.65. The van der Waals surface area contributed by atoms with Crippen LogP contribution in [-0.4, -0.2) is 30.0 Å². The maximum atomic E-state index is 12.8. The number of carbonyl (C=O) groups excluding carboxylic acids is 1. The first-order chi connectivity index (χ1) is 14.1. The molecule has 0 spiro atoms. The molecule has 2 saturated carbocycles. The molecule has 29 heavy (non-hydrogen) atoms. The van der Waals surface area contributed by atoms with Crippen LogP contribution in [0.1, 0.15) is 19.8 Å².